The van der Waals surface area contributed by atoms with Crippen LogP contribution in [0.2, 0.25) is 0 Å². The van der Waals surface area contributed by atoms with Gasteiger partial charge in [-0.2, -0.15) is 0 Å². The van der Waals surface area contributed by atoms with Crippen LogP contribution in [0.1, 0.15) is 32.3 Å². The molecule has 2 aromatic rings. The summed E-state index contributed by atoms with van der Waals surface area (Å²) < 4.78 is 0. The molecule has 0 radical (unpaired) electrons. The molecular weight excluding hydrogens is 274 g/mol. The molecule has 2 heterocycles. The van der Waals surface area contributed by atoms with Gasteiger partial charge in [-0.1, -0.05) is 26.0 Å². The normalized spacial score (nSPS) is 15.6. The zero-order valence-corrected chi connectivity index (χ0v) is 13.5. The number of hydrogen-bond acceptors (Lipinski definition) is 3. The Kier molecular flexibility index (Phi) is 4.01. The summed E-state index contributed by atoms with van der Waals surface area (Å²) in [4.78, 5) is 20.3. The van der Waals surface area contributed by atoms with Gasteiger partial charge in [0.05, 0.1) is 0 Å². The molecule has 1 aliphatic heterocycles. The number of pyridine rings is 1. The summed E-state index contributed by atoms with van der Waals surface area (Å²) >= 11 is 0. The Morgan fingerprint density at radius 1 is 1.14 bits per heavy atom. The molecule has 0 atom stereocenters. The van der Waals surface area contributed by atoms with E-state index in [4.69, 9.17) is 0 Å². The Bertz CT molecular complexity index is 688. The van der Waals surface area contributed by atoms with E-state index in [1.54, 1.807) is 6.92 Å². The van der Waals surface area contributed by atoms with Crippen LogP contribution in [0, 0.1) is 0 Å². The Labute approximate surface area is 131 Å². The van der Waals surface area contributed by atoms with Crippen LogP contribution >= 0.6 is 0 Å². The molecule has 4 heteroatoms. The standard InChI is InChI=1S/C18H23N3O/c1-13(2)16-5-4-15-6-7-19-18(17(15)12-16)21-10-8-20(9-11-21)14(3)22/h4-7,12-13H,8-11H2,1-3H3. The second-order valence-electron chi connectivity index (χ2n) is 6.26. The highest BCUT2D eigenvalue weighted by molar-refractivity contribution is 5.92. The van der Waals surface area contributed by atoms with Crippen molar-refractivity contribution in [3.05, 3.63) is 36.0 Å². The summed E-state index contributed by atoms with van der Waals surface area (Å²) in [6, 6.07) is 8.71. The van der Waals surface area contributed by atoms with Gasteiger partial charge < -0.3 is 9.80 Å². The molecule has 0 spiro atoms. The van der Waals surface area contributed by atoms with Crippen LogP contribution < -0.4 is 4.90 Å². The third kappa shape index (κ3) is 2.78. The van der Waals surface area contributed by atoms with Crippen molar-refractivity contribution in [1.82, 2.24) is 9.88 Å². The number of aromatic nitrogens is 1. The van der Waals surface area contributed by atoms with Gasteiger partial charge in [0.1, 0.15) is 5.82 Å². The van der Waals surface area contributed by atoms with Crippen LogP contribution in [0.15, 0.2) is 30.5 Å². The first-order valence-electron chi connectivity index (χ1n) is 7.95. The first-order valence-corrected chi connectivity index (χ1v) is 7.95. The molecule has 1 fully saturated rings. The van der Waals surface area contributed by atoms with Gasteiger partial charge in [0.25, 0.3) is 0 Å². The highest BCUT2D eigenvalue weighted by Crippen LogP contribution is 2.28. The van der Waals surface area contributed by atoms with Gasteiger partial charge in [-0.3, -0.25) is 4.79 Å². The van der Waals surface area contributed by atoms with Crippen molar-refractivity contribution in [3.8, 4) is 0 Å². The number of carbonyl (C=O) groups excluding carboxylic acids is 1. The fourth-order valence-corrected chi connectivity index (χ4v) is 3.01. The van der Waals surface area contributed by atoms with E-state index < -0.39 is 0 Å². The molecule has 1 aromatic heterocycles. The van der Waals surface area contributed by atoms with Crippen molar-refractivity contribution in [2.24, 2.45) is 0 Å². The third-order valence-corrected chi connectivity index (χ3v) is 4.46. The topological polar surface area (TPSA) is 36.4 Å². The monoisotopic (exact) mass is 297 g/mol. The van der Waals surface area contributed by atoms with E-state index in [1.165, 1.54) is 16.3 Å². The molecule has 1 aromatic carbocycles. The average Bonchev–Trinajstić information content (AvgIpc) is 2.53. The third-order valence-electron chi connectivity index (χ3n) is 4.46. The first kappa shape index (κ1) is 14.8. The number of piperazine rings is 1. The molecule has 0 N–H and O–H groups in total. The van der Waals surface area contributed by atoms with E-state index in [-0.39, 0.29) is 5.91 Å². The molecule has 22 heavy (non-hydrogen) atoms. The second-order valence-corrected chi connectivity index (χ2v) is 6.26. The smallest absolute Gasteiger partial charge is 0.219 e. The Morgan fingerprint density at radius 2 is 1.86 bits per heavy atom. The van der Waals surface area contributed by atoms with Crippen molar-refractivity contribution in [3.63, 3.8) is 0 Å². The summed E-state index contributed by atoms with van der Waals surface area (Å²) in [6.07, 6.45) is 1.88. The zero-order valence-electron chi connectivity index (χ0n) is 13.5. The van der Waals surface area contributed by atoms with E-state index in [9.17, 15) is 4.79 Å². The highest BCUT2D eigenvalue weighted by atomic mass is 16.2. The van der Waals surface area contributed by atoms with E-state index in [0.717, 1.165) is 32.0 Å². The lowest BCUT2D eigenvalue weighted by Gasteiger charge is -2.35. The minimum absolute atomic E-state index is 0.160. The molecule has 116 valence electrons. The maximum atomic E-state index is 11.5. The van der Waals surface area contributed by atoms with Crippen molar-refractivity contribution in [2.75, 3.05) is 31.1 Å². The Balaban J connectivity index is 1.93. The van der Waals surface area contributed by atoms with Crippen molar-refractivity contribution in [1.29, 1.82) is 0 Å². The number of anilines is 1. The number of hydrogen-bond donors (Lipinski definition) is 0. The summed E-state index contributed by atoms with van der Waals surface area (Å²) in [6.45, 7) is 9.30. The minimum Gasteiger partial charge on any atom is -0.353 e. The van der Waals surface area contributed by atoms with Crippen LogP contribution in [0.25, 0.3) is 10.8 Å². The summed E-state index contributed by atoms with van der Waals surface area (Å²) in [5.74, 6) is 1.71. The van der Waals surface area contributed by atoms with Crippen molar-refractivity contribution >= 4 is 22.5 Å². The molecule has 0 saturated carbocycles. The fraction of sp³-hybridized carbons (Fsp3) is 0.444. The first-order chi connectivity index (χ1) is 10.6. The number of amides is 1. The molecule has 0 bridgehead atoms. The molecular formula is C18H23N3O. The molecule has 0 aliphatic carbocycles. The SMILES string of the molecule is CC(=O)N1CCN(c2nccc3ccc(C(C)C)cc23)CC1. The van der Waals surface area contributed by atoms with Gasteiger partial charge in [-0.25, -0.2) is 4.98 Å². The molecule has 4 nitrogen and oxygen atoms in total. The van der Waals surface area contributed by atoms with Crippen LogP contribution in [-0.2, 0) is 4.79 Å². The number of rotatable bonds is 2. The maximum Gasteiger partial charge on any atom is 0.219 e. The van der Waals surface area contributed by atoms with Crippen LogP contribution in [0.3, 0.4) is 0 Å². The highest BCUT2D eigenvalue weighted by Gasteiger charge is 2.21. The van der Waals surface area contributed by atoms with Gasteiger partial charge in [-0.05, 0) is 29.0 Å². The lowest BCUT2D eigenvalue weighted by molar-refractivity contribution is -0.129. The quantitative estimate of drug-likeness (QED) is 0.855. The van der Waals surface area contributed by atoms with E-state index in [2.05, 4.69) is 48.0 Å². The van der Waals surface area contributed by atoms with Crippen molar-refractivity contribution < 1.29 is 4.79 Å². The summed E-state index contributed by atoms with van der Waals surface area (Å²) in [5, 5.41) is 2.44. The van der Waals surface area contributed by atoms with Crippen molar-refractivity contribution in [2.45, 2.75) is 26.7 Å². The predicted octanol–water partition coefficient (Wildman–Crippen LogP) is 3.03. The predicted molar refractivity (Wildman–Crippen MR) is 90.3 cm³/mol. The maximum absolute atomic E-state index is 11.5. The average molecular weight is 297 g/mol. The largest absolute Gasteiger partial charge is 0.353 e. The van der Waals surface area contributed by atoms with E-state index in [1.807, 2.05) is 11.1 Å². The number of carbonyl (C=O) groups is 1. The lowest BCUT2D eigenvalue weighted by atomic mass is 9.99. The summed E-state index contributed by atoms with van der Waals surface area (Å²) in [7, 11) is 0. The Morgan fingerprint density at radius 3 is 2.50 bits per heavy atom. The number of benzene rings is 1. The van der Waals surface area contributed by atoms with E-state index in [0.29, 0.717) is 5.92 Å². The molecule has 1 amide bonds. The molecule has 3 rings (SSSR count). The van der Waals surface area contributed by atoms with Crippen LogP contribution in [0.4, 0.5) is 5.82 Å². The summed E-state index contributed by atoms with van der Waals surface area (Å²) in [5.41, 5.74) is 1.34. The fourth-order valence-electron chi connectivity index (χ4n) is 3.01. The molecule has 1 aliphatic rings. The van der Waals surface area contributed by atoms with Gasteiger partial charge in [0.15, 0.2) is 0 Å². The van der Waals surface area contributed by atoms with Gasteiger partial charge >= 0.3 is 0 Å². The van der Waals surface area contributed by atoms with Gasteiger partial charge in [0.2, 0.25) is 5.91 Å². The van der Waals surface area contributed by atoms with Crippen LogP contribution in [-0.4, -0.2) is 42.0 Å². The van der Waals surface area contributed by atoms with Crippen LogP contribution in [0.5, 0.6) is 0 Å². The molecule has 0 unspecified atom stereocenters. The number of fused-ring (bicyclic) bond motifs is 1. The zero-order chi connectivity index (χ0) is 15.7. The number of nitrogens with zero attached hydrogens (tertiary/aromatic N) is 3. The minimum atomic E-state index is 0.160. The van der Waals surface area contributed by atoms with Gasteiger partial charge in [0, 0.05) is 44.7 Å². The molecule has 1 saturated heterocycles. The van der Waals surface area contributed by atoms with Gasteiger partial charge in [-0.15, -0.1) is 0 Å². The lowest BCUT2D eigenvalue weighted by Crippen LogP contribution is -2.48. The second kappa shape index (κ2) is 5.95. The Hall–Kier alpha value is -2.10. The van der Waals surface area contributed by atoms with E-state index >= 15 is 0 Å².